The maximum Gasteiger partial charge on any atom is 0.320 e. The summed E-state index contributed by atoms with van der Waals surface area (Å²) in [5.74, 6) is -1.93. The second-order valence-electron chi connectivity index (χ2n) is 27.0. The number of nitrogens with one attached hydrogen (secondary N) is 1. The van der Waals surface area contributed by atoms with Gasteiger partial charge in [-0.2, -0.15) is 0 Å². The number of rotatable bonds is 75. The molecule has 0 aromatic carbocycles. The Morgan fingerprint density at radius 3 is 0.553 bits per heavy atom. The molecule has 0 unspecified atom stereocenters. The maximum atomic E-state index is 13.7. The third-order valence-electron chi connectivity index (χ3n) is 17.7. The molecule has 0 heterocycles. The Hall–Kier alpha value is -2.89. The number of nitrogens with two attached hydrogens (primary N) is 2. The third kappa shape index (κ3) is 74.9. The Bertz CT molecular complexity index is 1430. The Morgan fingerprint density at radius 1 is 0.234 bits per heavy atom. The molecule has 0 saturated carbocycles. The summed E-state index contributed by atoms with van der Waals surface area (Å²) in [5.41, 5.74) is 10.3. The van der Waals surface area contributed by atoms with Crippen LogP contribution in [-0.2, 0) is 47.7 Å². The summed E-state index contributed by atoms with van der Waals surface area (Å²) >= 11 is 0. The van der Waals surface area contributed by atoms with E-state index in [-0.39, 0.29) is 51.8 Å². The summed E-state index contributed by atoms with van der Waals surface area (Å²) in [6.45, 7) is 16.8. The van der Waals surface area contributed by atoms with E-state index in [0.29, 0.717) is 59.2 Å². The molecule has 0 aliphatic carbocycles. The number of carbonyl (C=O) groups is 5. The maximum absolute atomic E-state index is 13.7. The summed E-state index contributed by atoms with van der Waals surface area (Å²) < 4.78 is 28.9. The normalized spacial score (nSPS) is 11.4. The number of nitrogens with zero attached hydrogens (tertiary/aromatic N) is 3. The molecule has 0 fully saturated rings. The van der Waals surface area contributed by atoms with Gasteiger partial charge in [0, 0.05) is 52.4 Å². The lowest BCUT2D eigenvalue weighted by Gasteiger charge is -2.28. The van der Waals surface area contributed by atoms with Crippen molar-refractivity contribution in [2.75, 3.05) is 118 Å². The lowest BCUT2D eigenvalue weighted by molar-refractivity contribution is -0.150. The fourth-order valence-corrected chi connectivity index (χ4v) is 11.6. The van der Waals surface area contributed by atoms with Gasteiger partial charge in [0.2, 0.25) is 0 Å². The number of carbonyl (C=O) groups excluding carboxylic acids is 5. The van der Waals surface area contributed by atoms with E-state index < -0.39 is 23.9 Å². The minimum absolute atomic E-state index is 0.0296. The first-order valence-corrected chi connectivity index (χ1v) is 40.2. The first-order valence-electron chi connectivity index (χ1n) is 40.2. The van der Waals surface area contributed by atoms with Gasteiger partial charge in [-0.1, -0.05) is 324 Å². The van der Waals surface area contributed by atoms with Gasteiger partial charge in [0.05, 0.1) is 65.8 Å². The second-order valence-corrected chi connectivity index (χ2v) is 27.0. The van der Waals surface area contributed by atoms with Gasteiger partial charge >= 0.3 is 29.8 Å². The average Bonchev–Trinajstić information content (AvgIpc) is 2.65. The molecule has 0 aliphatic rings. The predicted molar refractivity (Wildman–Crippen MR) is 394 cm³/mol. The quantitative estimate of drug-likeness (QED) is 0.0294. The standard InChI is InChI=1S/C74H143N3O10.C4H13N3/c1-6-11-16-21-26-31-36-41-46-51-60-83-70(78)65-75(56-58-76(66-71(79)84-61-52-47-42-37-32-27-22-17-12-7-2)67-72(80)85-62-53-48-43-38-33-28-23-18-13-8-3)57-59-77(68-73(81)86-63-54-49-44-39-34-29-24-19-14-9-4)69-74(82)87-64-55-50-45-40-35-30-25-20-15-10-5;5-1-3-7-4-2-6/h6-69H2,1-5H3;7H,1-6H2. The Labute approximate surface area is 580 Å². The van der Waals surface area contributed by atoms with Crippen molar-refractivity contribution in [3.8, 4) is 0 Å². The first-order chi connectivity index (χ1) is 46.1. The Morgan fingerprint density at radius 2 is 0.383 bits per heavy atom. The van der Waals surface area contributed by atoms with Crippen LogP contribution in [0.1, 0.15) is 356 Å². The van der Waals surface area contributed by atoms with Gasteiger partial charge in [0.1, 0.15) is 0 Å². The lowest BCUT2D eigenvalue weighted by atomic mass is 10.1. The molecule has 16 nitrogen and oxygen atoms in total. The molecule has 0 amide bonds. The molecule has 558 valence electrons. The van der Waals surface area contributed by atoms with E-state index in [9.17, 15) is 24.0 Å². The molecule has 0 atom stereocenters. The zero-order chi connectivity index (χ0) is 68.9. The van der Waals surface area contributed by atoms with Crippen LogP contribution in [0.25, 0.3) is 0 Å². The molecule has 0 bridgehead atoms. The number of esters is 5. The second kappa shape index (κ2) is 79.1. The van der Waals surface area contributed by atoms with E-state index >= 15 is 0 Å². The van der Waals surface area contributed by atoms with Crippen LogP contribution in [0.2, 0.25) is 0 Å². The van der Waals surface area contributed by atoms with Gasteiger partial charge in [0.25, 0.3) is 0 Å². The molecule has 0 spiro atoms. The van der Waals surface area contributed by atoms with Crippen molar-refractivity contribution in [2.24, 2.45) is 11.5 Å². The monoisotopic (exact) mass is 1340 g/mol. The van der Waals surface area contributed by atoms with Crippen molar-refractivity contribution in [3.05, 3.63) is 0 Å². The van der Waals surface area contributed by atoms with Crippen LogP contribution in [0, 0.1) is 0 Å². The van der Waals surface area contributed by atoms with E-state index in [1.54, 1.807) is 9.80 Å². The number of unbranched alkanes of at least 4 members (excludes halogenated alkanes) is 45. The van der Waals surface area contributed by atoms with Gasteiger partial charge in [-0.15, -0.1) is 0 Å². The summed E-state index contributed by atoms with van der Waals surface area (Å²) in [6, 6.07) is 0. The average molecular weight is 1340 g/mol. The van der Waals surface area contributed by atoms with Crippen LogP contribution in [0.5, 0.6) is 0 Å². The van der Waals surface area contributed by atoms with Crippen molar-refractivity contribution in [1.82, 2.24) is 20.0 Å². The van der Waals surface area contributed by atoms with Crippen LogP contribution in [0.15, 0.2) is 0 Å². The van der Waals surface area contributed by atoms with E-state index in [2.05, 4.69) is 39.9 Å². The minimum atomic E-state index is -0.394. The van der Waals surface area contributed by atoms with Gasteiger partial charge < -0.3 is 40.5 Å². The van der Waals surface area contributed by atoms with E-state index in [1.807, 2.05) is 4.90 Å². The molecule has 0 aromatic rings. The molecule has 16 heteroatoms. The Balaban J connectivity index is 0. The molecule has 94 heavy (non-hydrogen) atoms. The van der Waals surface area contributed by atoms with E-state index in [0.717, 1.165) is 109 Å². The van der Waals surface area contributed by atoms with Crippen molar-refractivity contribution in [3.63, 3.8) is 0 Å². The lowest BCUT2D eigenvalue weighted by Crippen LogP contribution is -2.46. The molecular weight excluding hydrogens is 1180 g/mol. The van der Waals surface area contributed by atoms with Gasteiger partial charge in [-0.3, -0.25) is 38.7 Å². The number of ether oxygens (including phenoxy) is 5. The van der Waals surface area contributed by atoms with Crippen LogP contribution in [0.3, 0.4) is 0 Å². The van der Waals surface area contributed by atoms with Crippen LogP contribution in [0.4, 0.5) is 0 Å². The van der Waals surface area contributed by atoms with E-state index in [1.165, 1.54) is 225 Å². The summed E-state index contributed by atoms with van der Waals surface area (Å²) in [5, 5.41) is 3.03. The zero-order valence-electron chi connectivity index (χ0n) is 62.7. The van der Waals surface area contributed by atoms with Crippen LogP contribution < -0.4 is 16.8 Å². The van der Waals surface area contributed by atoms with Crippen molar-refractivity contribution < 1.29 is 47.7 Å². The summed E-state index contributed by atoms with van der Waals surface area (Å²) in [7, 11) is 0. The molecule has 0 radical (unpaired) electrons. The minimum Gasteiger partial charge on any atom is -0.465 e. The van der Waals surface area contributed by atoms with Crippen LogP contribution in [-0.4, -0.2) is 163 Å². The largest absolute Gasteiger partial charge is 0.465 e. The van der Waals surface area contributed by atoms with Crippen molar-refractivity contribution >= 4 is 29.8 Å². The highest BCUT2D eigenvalue weighted by atomic mass is 16.5. The SMILES string of the molecule is CCCCCCCCCCCCOC(=O)CN(CCN(CC(=O)OCCCCCCCCCCCC)CC(=O)OCCCCCCCCCCCC)CCN(CC(=O)OCCCCCCCCCCCC)CC(=O)OCCCCCCCCCCCC.NCCNCCN. The third-order valence-corrected chi connectivity index (χ3v) is 17.7. The molecule has 0 aromatic heterocycles. The fourth-order valence-electron chi connectivity index (χ4n) is 11.6. The highest BCUT2D eigenvalue weighted by Gasteiger charge is 2.23. The molecular formula is C78H156N6O10. The van der Waals surface area contributed by atoms with Crippen molar-refractivity contribution in [1.29, 1.82) is 0 Å². The molecule has 0 aliphatic heterocycles. The van der Waals surface area contributed by atoms with Gasteiger partial charge in [-0.05, 0) is 32.1 Å². The smallest absolute Gasteiger partial charge is 0.320 e. The molecule has 0 rings (SSSR count). The number of hydrogen-bond donors (Lipinski definition) is 3. The highest BCUT2D eigenvalue weighted by Crippen LogP contribution is 2.16. The fraction of sp³-hybridized carbons (Fsp3) is 0.936. The van der Waals surface area contributed by atoms with E-state index in [4.69, 9.17) is 35.2 Å². The Kier molecular flexibility index (Phi) is 78.4. The van der Waals surface area contributed by atoms with Gasteiger partial charge in [0.15, 0.2) is 0 Å². The predicted octanol–water partition coefficient (Wildman–Crippen LogP) is 17.7. The summed E-state index contributed by atoms with van der Waals surface area (Å²) in [4.78, 5) is 73.0. The van der Waals surface area contributed by atoms with Crippen LogP contribution >= 0.6 is 0 Å². The van der Waals surface area contributed by atoms with Gasteiger partial charge in [-0.25, -0.2) is 0 Å². The molecule has 5 N–H and O–H groups in total. The highest BCUT2D eigenvalue weighted by molar-refractivity contribution is 5.76. The summed E-state index contributed by atoms with van der Waals surface area (Å²) in [6.07, 6.45) is 59.2. The number of hydrogen-bond acceptors (Lipinski definition) is 16. The zero-order valence-corrected chi connectivity index (χ0v) is 62.7. The molecule has 0 saturated heterocycles. The topological polar surface area (TPSA) is 205 Å². The first kappa shape index (κ1) is 93.2. The van der Waals surface area contributed by atoms with Crippen molar-refractivity contribution in [2.45, 2.75) is 356 Å².